The average Bonchev–Trinajstić information content (AvgIpc) is 2.85. The second-order valence-corrected chi connectivity index (χ2v) is 7.61. The Morgan fingerprint density at radius 3 is 1.94 bits per heavy atom. The first-order chi connectivity index (χ1) is 15.7. The SMILES string of the molecule is Cc1ccc(N/C(=C\C(=O)c2ccccc2)c2ccccc2)c(/C=C/c2ccccc2)c1. The number of allylic oxidation sites excluding steroid dienone is 1. The summed E-state index contributed by atoms with van der Waals surface area (Å²) in [5.41, 5.74) is 6.69. The van der Waals surface area contributed by atoms with E-state index in [1.165, 1.54) is 5.56 Å². The molecule has 0 spiro atoms. The molecule has 0 aliphatic rings. The maximum atomic E-state index is 12.9. The molecule has 0 aliphatic heterocycles. The summed E-state index contributed by atoms with van der Waals surface area (Å²) in [4.78, 5) is 12.9. The van der Waals surface area contributed by atoms with Crippen molar-refractivity contribution in [3.05, 3.63) is 143 Å². The standard InChI is InChI=1S/C30H25NO/c1-23-17-20-28(27(21-23)19-18-24-11-5-2-6-12-24)31-29(25-13-7-3-8-14-25)22-30(32)26-15-9-4-10-16-26/h2-22,31H,1H3/b19-18+,29-22-. The Hall–Kier alpha value is -4.17. The number of carbonyl (C=O) groups is 1. The second-order valence-electron chi connectivity index (χ2n) is 7.61. The second kappa shape index (κ2) is 10.2. The molecule has 0 atom stereocenters. The largest absolute Gasteiger partial charge is 0.354 e. The average molecular weight is 416 g/mol. The van der Waals surface area contributed by atoms with Crippen LogP contribution in [-0.2, 0) is 0 Å². The molecule has 0 saturated carbocycles. The molecule has 0 unspecified atom stereocenters. The van der Waals surface area contributed by atoms with Gasteiger partial charge >= 0.3 is 0 Å². The molecule has 0 bridgehead atoms. The van der Waals surface area contributed by atoms with Gasteiger partial charge in [0, 0.05) is 23.0 Å². The minimum absolute atomic E-state index is 0.0366. The molecule has 156 valence electrons. The number of hydrogen-bond acceptors (Lipinski definition) is 2. The summed E-state index contributed by atoms with van der Waals surface area (Å²) in [6.45, 7) is 2.08. The third-order valence-electron chi connectivity index (χ3n) is 5.15. The first kappa shape index (κ1) is 21.1. The Kier molecular flexibility index (Phi) is 6.74. The number of nitrogens with one attached hydrogen (secondary N) is 1. The van der Waals surface area contributed by atoms with Gasteiger partial charge in [0.1, 0.15) is 0 Å². The number of rotatable bonds is 7. The molecular formula is C30H25NO. The van der Waals surface area contributed by atoms with E-state index < -0.39 is 0 Å². The molecule has 4 aromatic rings. The van der Waals surface area contributed by atoms with E-state index >= 15 is 0 Å². The van der Waals surface area contributed by atoms with Crippen LogP contribution in [0.2, 0.25) is 0 Å². The van der Waals surface area contributed by atoms with Gasteiger partial charge in [-0.1, -0.05) is 115 Å². The van der Waals surface area contributed by atoms with E-state index in [0.29, 0.717) is 5.56 Å². The van der Waals surface area contributed by atoms with Crippen LogP contribution >= 0.6 is 0 Å². The summed E-state index contributed by atoms with van der Waals surface area (Å²) < 4.78 is 0. The molecule has 0 aromatic heterocycles. The highest BCUT2D eigenvalue weighted by atomic mass is 16.1. The molecule has 4 rings (SSSR count). The summed E-state index contributed by atoms with van der Waals surface area (Å²) in [6.07, 6.45) is 5.88. The topological polar surface area (TPSA) is 29.1 Å². The van der Waals surface area contributed by atoms with Gasteiger partial charge in [-0.15, -0.1) is 0 Å². The van der Waals surface area contributed by atoms with Crippen LogP contribution in [0.1, 0.15) is 32.6 Å². The van der Waals surface area contributed by atoms with Gasteiger partial charge in [-0.05, 0) is 35.7 Å². The highest BCUT2D eigenvalue weighted by molar-refractivity contribution is 6.09. The monoisotopic (exact) mass is 415 g/mol. The van der Waals surface area contributed by atoms with Gasteiger partial charge < -0.3 is 5.32 Å². The summed E-state index contributed by atoms with van der Waals surface area (Å²) in [7, 11) is 0. The van der Waals surface area contributed by atoms with E-state index in [-0.39, 0.29) is 5.78 Å². The van der Waals surface area contributed by atoms with Crippen LogP contribution in [0.3, 0.4) is 0 Å². The van der Waals surface area contributed by atoms with Gasteiger partial charge in [0.25, 0.3) is 0 Å². The Morgan fingerprint density at radius 2 is 1.28 bits per heavy atom. The molecule has 0 amide bonds. The molecule has 0 saturated heterocycles. The first-order valence-electron chi connectivity index (χ1n) is 10.7. The van der Waals surface area contributed by atoms with Crippen molar-refractivity contribution in [1.29, 1.82) is 0 Å². The Balaban J connectivity index is 1.70. The Bertz CT molecular complexity index is 1240. The van der Waals surface area contributed by atoms with Crippen molar-refractivity contribution in [2.75, 3.05) is 5.32 Å². The van der Waals surface area contributed by atoms with Crippen LogP contribution in [0.4, 0.5) is 5.69 Å². The Morgan fingerprint density at radius 1 is 0.688 bits per heavy atom. The number of anilines is 1. The van der Waals surface area contributed by atoms with E-state index in [0.717, 1.165) is 28.1 Å². The predicted octanol–water partition coefficient (Wildman–Crippen LogP) is 7.50. The third kappa shape index (κ3) is 5.50. The Labute approximate surface area is 189 Å². The highest BCUT2D eigenvalue weighted by Crippen LogP contribution is 2.25. The lowest BCUT2D eigenvalue weighted by atomic mass is 10.0. The predicted molar refractivity (Wildman–Crippen MR) is 135 cm³/mol. The molecule has 2 nitrogen and oxygen atoms in total. The van der Waals surface area contributed by atoms with E-state index in [2.05, 4.69) is 54.7 Å². The lowest BCUT2D eigenvalue weighted by molar-refractivity contribution is 0.104. The summed E-state index contributed by atoms with van der Waals surface area (Å²) in [6, 6.07) is 35.8. The summed E-state index contributed by atoms with van der Waals surface area (Å²) in [5, 5.41) is 3.52. The van der Waals surface area contributed by atoms with Gasteiger partial charge in [-0.3, -0.25) is 4.79 Å². The molecule has 0 heterocycles. The summed E-state index contributed by atoms with van der Waals surface area (Å²) >= 11 is 0. The van der Waals surface area contributed by atoms with Crippen molar-refractivity contribution < 1.29 is 4.79 Å². The minimum Gasteiger partial charge on any atom is -0.354 e. The first-order valence-corrected chi connectivity index (χ1v) is 10.7. The molecule has 0 radical (unpaired) electrons. The fourth-order valence-corrected chi connectivity index (χ4v) is 3.46. The van der Waals surface area contributed by atoms with Crippen molar-refractivity contribution in [1.82, 2.24) is 0 Å². The van der Waals surface area contributed by atoms with E-state index in [1.807, 2.05) is 78.9 Å². The number of hydrogen-bond donors (Lipinski definition) is 1. The van der Waals surface area contributed by atoms with Crippen LogP contribution in [0.5, 0.6) is 0 Å². The normalized spacial score (nSPS) is 11.5. The summed E-state index contributed by atoms with van der Waals surface area (Å²) in [5.74, 6) is -0.0366. The van der Waals surface area contributed by atoms with Crippen molar-refractivity contribution in [3.63, 3.8) is 0 Å². The fraction of sp³-hybridized carbons (Fsp3) is 0.0333. The van der Waals surface area contributed by atoms with Gasteiger partial charge in [-0.2, -0.15) is 0 Å². The lowest BCUT2D eigenvalue weighted by Crippen LogP contribution is -2.04. The number of aryl methyl sites for hydroxylation is 1. The van der Waals surface area contributed by atoms with Crippen molar-refractivity contribution in [2.24, 2.45) is 0 Å². The van der Waals surface area contributed by atoms with Crippen molar-refractivity contribution in [2.45, 2.75) is 6.92 Å². The molecule has 0 aliphatic carbocycles. The number of benzene rings is 4. The van der Waals surface area contributed by atoms with Gasteiger partial charge in [0.2, 0.25) is 0 Å². The van der Waals surface area contributed by atoms with Crippen LogP contribution < -0.4 is 5.32 Å². The van der Waals surface area contributed by atoms with Gasteiger partial charge in [0.15, 0.2) is 5.78 Å². The van der Waals surface area contributed by atoms with E-state index in [4.69, 9.17) is 0 Å². The zero-order chi connectivity index (χ0) is 22.2. The molecule has 4 aromatic carbocycles. The molecule has 1 N–H and O–H groups in total. The maximum absolute atomic E-state index is 12.9. The van der Waals surface area contributed by atoms with E-state index in [1.54, 1.807) is 6.08 Å². The zero-order valence-corrected chi connectivity index (χ0v) is 18.0. The van der Waals surface area contributed by atoms with Gasteiger partial charge in [0.05, 0.1) is 0 Å². The molecular weight excluding hydrogens is 390 g/mol. The highest BCUT2D eigenvalue weighted by Gasteiger charge is 2.09. The van der Waals surface area contributed by atoms with Crippen molar-refractivity contribution in [3.8, 4) is 0 Å². The maximum Gasteiger partial charge on any atom is 0.187 e. The van der Waals surface area contributed by atoms with Crippen LogP contribution in [0.15, 0.2) is 115 Å². The van der Waals surface area contributed by atoms with Crippen LogP contribution in [0.25, 0.3) is 17.8 Å². The van der Waals surface area contributed by atoms with E-state index in [9.17, 15) is 4.79 Å². The molecule has 32 heavy (non-hydrogen) atoms. The minimum atomic E-state index is -0.0366. The van der Waals surface area contributed by atoms with Crippen LogP contribution in [-0.4, -0.2) is 5.78 Å². The smallest absolute Gasteiger partial charge is 0.187 e. The fourth-order valence-electron chi connectivity index (χ4n) is 3.46. The van der Waals surface area contributed by atoms with Crippen molar-refractivity contribution >= 4 is 29.3 Å². The van der Waals surface area contributed by atoms with Crippen LogP contribution in [0, 0.1) is 6.92 Å². The zero-order valence-electron chi connectivity index (χ0n) is 18.0. The lowest BCUT2D eigenvalue weighted by Gasteiger charge is -2.15. The molecule has 2 heteroatoms. The third-order valence-corrected chi connectivity index (χ3v) is 5.15. The quantitative estimate of drug-likeness (QED) is 0.192. The number of ketones is 1. The number of carbonyl (C=O) groups excluding carboxylic acids is 1. The van der Waals surface area contributed by atoms with Gasteiger partial charge in [-0.25, -0.2) is 0 Å². The molecule has 0 fully saturated rings.